The lowest BCUT2D eigenvalue weighted by Crippen LogP contribution is -2.21. The lowest BCUT2D eigenvalue weighted by atomic mass is 10.2. The van der Waals surface area contributed by atoms with E-state index >= 15 is 0 Å². The molecule has 0 saturated heterocycles. The van der Waals surface area contributed by atoms with Crippen molar-refractivity contribution in [3.8, 4) is 5.69 Å². The Hall–Kier alpha value is -2.11. The molecule has 0 atom stereocenters. The standard InChI is InChI=1S/C18H15ClN2O2S/c1-12(22)9-10-24-18-20-16-8-3-2-7-15(16)17(23)21(18)14-6-4-5-13(19)11-14/h2-8,11H,9-10H2,1H3. The maximum absolute atomic E-state index is 13.0. The van der Waals surface area contributed by atoms with Gasteiger partial charge in [-0.2, -0.15) is 0 Å². The molecule has 3 aromatic rings. The third-order valence-corrected chi connectivity index (χ3v) is 4.67. The molecule has 0 unspecified atom stereocenters. The van der Waals surface area contributed by atoms with Crippen molar-refractivity contribution in [3.63, 3.8) is 0 Å². The summed E-state index contributed by atoms with van der Waals surface area (Å²) >= 11 is 7.47. The van der Waals surface area contributed by atoms with E-state index in [0.717, 1.165) is 0 Å². The minimum Gasteiger partial charge on any atom is -0.300 e. The van der Waals surface area contributed by atoms with Crippen LogP contribution in [0, 0.1) is 0 Å². The zero-order chi connectivity index (χ0) is 17.1. The maximum Gasteiger partial charge on any atom is 0.266 e. The van der Waals surface area contributed by atoms with E-state index in [0.29, 0.717) is 38.9 Å². The average molecular weight is 359 g/mol. The molecule has 6 heteroatoms. The van der Waals surface area contributed by atoms with Crippen LogP contribution in [0.4, 0.5) is 0 Å². The van der Waals surface area contributed by atoms with Crippen LogP contribution in [0.2, 0.25) is 5.02 Å². The van der Waals surface area contributed by atoms with Crippen LogP contribution in [0.3, 0.4) is 0 Å². The SMILES string of the molecule is CC(=O)CCSc1nc2ccccc2c(=O)n1-c1cccc(Cl)c1. The number of fused-ring (bicyclic) bond motifs is 1. The second kappa shape index (κ2) is 7.20. The zero-order valence-corrected chi connectivity index (χ0v) is 14.6. The van der Waals surface area contributed by atoms with Gasteiger partial charge in [-0.05, 0) is 37.3 Å². The summed E-state index contributed by atoms with van der Waals surface area (Å²) in [4.78, 5) is 28.8. The van der Waals surface area contributed by atoms with E-state index in [9.17, 15) is 9.59 Å². The summed E-state index contributed by atoms with van der Waals surface area (Å²) in [6, 6.07) is 14.3. The first-order valence-electron chi connectivity index (χ1n) is 7.46. The number of aromatic nitrogens is 2. The van der Waals surface area contributed by atoms with Gasteiger partial charge in [-0.25, -0.2) is 4.98 Å². The monoisotopic (exact) mass is 358 g/mol. The van der Waals surface area contributed by atoms with E-state index < -0.39 is 0 Å². The lowest BCUT2D eigenvalue weighted by molar-refractivity contribution is -0.116. The Balaban J connectivity index is 2.18. The topological polar surface area (TPSA) is 52.0 Å². The van der Waals surface area contributed by atoms with E-state index in [-0.39, 0.29) is 11.3 Å². The Morgan fingerprint density at radius 2 is 2.00 bits per heavy atom. The minimum absolute atomic E-state index is 0.111. The zero-order valence-electron chi connectivity index (χ0n) is 13.0. The molecule has 0 N–H and O–H groups in total. The summed E-state index contributed by atoms with van der Waals surface area (Å²) < 4.78 is 1.55. The highest BCUT2D eigenvalue weighted by Gasteiger charge is 2.13. The predicted octanol–water partition coefficient (Wildman–Crippen LogP) is 4.11. The first-order chi connectivity index (χ1) is 11.6. The highest BCUT2D eigenvalue weighted by Crippen LogP contribution is 2.23. The van der Waals surface area contributed by atoms with Crippen LogP contribution in [-0.4, -0.2) is 21.1 Å². The van der Waals surface area contributed by atoms with Crippen LogP contribution in [-0.2, 0) is 4.79 Å². The molecule has 0 aliphatic rings. The average Bonchev–Trinajstić information content (AvgIpc) is 2.55. The van der Waals surface area contributed by atoms with Crippen molar-refractivity contribution in [2.45, 2.75) is 18.5 Å². The van der Waals surface area contributed by atoms with Gasteiger partial charge in [0.2, 0.25) is 0 Å². The van der Waals surface area contributed by atoms with E-state index in [2.05, 4.69) is 4.98 Å². The fourth-order valence-electron chi connectivity index (χ4n) is 2.34. The summed E-state index contributed by atoms with van der Waals surface area (Å²) in [7, 11) is 0. The summed E-state index contributed by atoms with van der Waals surface area (Å²) in [5, 5.41) is 1.66. The normalized spacial score (nSPS) is 10.9. The molecule has 0 aliphatic carbocycles. The number of para-hydroxylation sites is 1. The smallest absolute Gasteiger partial charge is 0.266 e. The Morgan fingerprint density at radius 1 is 1.21 bits per heavy atom. The number of carbonyl (C=O) groups is 1. The van der Waals surface area contributed by atoms with E-state index in [1.54, 1.807) is 35.8 Å². The van der Waals surface area contributed by atoms with Gasteiger partial charge in [0, 0.05) is 17.2 Å². The Morgan fingerprint density at radius 3 is 2.75 bits per heavy atom. The summed E-state index contributed by atoms with van der Waals surface area (Å²) in [6.07, 6.45) is 0.433. The first-order valence-corrected chi connectivity index (χ1v) is 8.82. The number of nitrogens with zero attached hydrogens (tertiary/aromatic N) is 2. The molecular weight excluding hydrogens is 344 g/mol. The van der Waals surface area contributed by atoms with Crippen LogP contribution in [0.25, 0.3) is 16.6 Å². The van der Waals surface area contributed by atoms with Crippen molar-refractivity contribution in [2.24, 2.45) is 0 Å². The Kier molecular flexibility index (Phi) is 5.02. The van der Waals surface area contributed by atoms with Crippen LogP contribution in [0.1, 0.15) is 13.3 Å². The van der Waals surface area contributed by atoms with E-state index in [1.807, 2.05) is 24.3 Å². The molecule has 122 valence electrons. The van der Waals surface area contributed by atoms with E-state index in [4.69, 9.17) is 11.6 Å². The van der Waals surface area contributed by atoms with Crippen molar-refractivity contribution >= 4 is 40.0 Å². The van der Waals surface area contributed by atoms with Gasteiger partial charge in [0.25, 0.3) is 5.56 Å². The number of rotatable bonds is 5. The number of ketones is 1. The minimum atomic E-state index is -0.145. The van der Waals surface area contributed by atoms with Gasteiger partial charge >= 0.3 is 0 Å². The molecule has 1 heterocycles. The maximum atomic E-state index is 13.0. The first kappa shape index (κ1) is 16.7. The van der Waals surface area contributed by atoms with Crippen LogP contribution in [0.5, 0.6) is 0 Å². The van der Waals surface area contributed by atoms with Gasteiger partial charge in [-0.15, -0.1) is 0 Å². The number of Topliss-reactive ketones (excluding diaryl/α,β-unsaturated/α-hetero) is 1. The molecule has 0 amide bonds. The summed E-state index contributed by atoms with van der Waals surface area (Å²) in [5.41, 5.74) is 1.16. The summed E-state index contributed by atoms with van der Waals surface area (Å²) in [6.45, 7) is 1.55. The highest BCUT2D eigenvalue weighted by molar-refractivity contribution is 7.99. The lowest BCUT2D eigenvalue weighted by Gasteiger charge is -2.13. The molecule has 1 aromatic heterocycles. The fraction of sp³-hybridized carbons (Fsp3) is 0.167. The molecule has 0 bridgehead atoms. The molecule has 3 rings (SSSR count). The van der Waals surface area contributed by atoms with Gasteiger partial charge in [0.15, 0.2) is 5.16 Å². The van der Waals surface area contributed by atoms with Crippen molar-refractivity contribution in [2.75, 3.05) is 5.75 Å². The van der Waals surface area contributed by atoms with Gasteiger partial charge in [-0.1, -0.05) is 41.6 Å². The van der Waals surface area contributed by atoms with Gasteiger partial charge < -0.3 is 0 Å². The molecule has 0 spiro atoms. The number of halogens is 1. The van der Waals surface area contributed by atoms with Gasteiger partial charge in [0.05, 0.1) is 16.6 Å². The van der Waals surface area contributed by atoms with Crippen molar-refractivity contribution < 1.29 is 4.79 Å². The fourth-order valence-corrected chi connectivity index (χ4v) is 3.58. The predicted molar refractivity (Wildman–Crippen MR) is 98.4 cm³/mol. The van der Waals surface area contributed by atoms with E-state index in [1.165, 1.54) is 11.8 Å². The number of thioether (sulfide) groups is 1. The second-order valence-corrected chi connectivity index (χ2v) is 6.83. The Bertz CT molecular complexity index is 969. The Labute approximate surface area is 148 Å². The third kappa shape index (κ3) is 3.52. The third-order valence-electron chi connectivity index (χ3n) is 3.50. The van der Waals surface area contributed by atoms with Crippen LogP contribution >= 0.6 is 23.4 Å². The van der Waals surface area contributed by atoms with Crippen molar-refractivity contribution in [3.05, 3.63) is 63.9 Å². The van der Waals surface area contributed by atoms with Crippen LogP contribution in [0.15, 0.2) is 58.5 Å². The molecule has 4 nitrogen and oxygen atoms in total. The van der Waals surface area contributed by atoms with Crippen LogP contribution < -0.4 is 5.56 Å². The van der Waals surface area contributed by atoms with Crippen molar-refractivity contribution in [1.82, 2.24) is 9.55 Å². The highest BCUT2D eigenvalue weighted by atomic mass is 35.5. The second-order valence-electron chi connectivity index (χ2n) is 5.33. The largest absolute Gasteiger partial charge is 0.300 e. The van der Waals surface area contributed by atoms with Gasteiger partial charge in [0.1, 0.15) is 5.78 Å². The molecular formula is C18H15ClN2O2S. The molecule has 0 fully saturated rings. The summed E-state index contributed by atoms with van der Waals surface area (Å²) in [5.74, 6) is 0.681. The number of hydrogen-bond donors (Lipinski definition) is 0. The number of carbonyl (C=O) groups excluding carboxylic acids is 1. The molecule has 2 aromatic carbocycles. The number of hydrogen-bond acceptors (Lipinski definition) is 4. The quantitative estimate of drug-likeness (QED) is 0.508. The molecule has 0 saturated carbocycles. The molecule has 0 aliphatic heterocycles. The molecule has 0 radical (unpaired) electrons. The number of benzene rings is 2. The molecule has 24 heavy (non-hydrogen) atoms. The van der Waals surface area contributed by atoms with Crippen molar-refractivity contribution in [1.29, 1.82) is 0 Å². The van der Waals surface area contributed by atoms with Gasteiger partial charge in [-0.3, -0.25) is 14.2 Å².